The van der Waals surface area contributed by atoms with Crippen molar-refractivity contribution >= 4 is 30.0 Å². The van der Waals surface area contributed by atoms with E-state index in [0.29, 0.717) is 0 Å². The smallest absolute Gasteiger partial charge is 0.0770 e. The van der Waals surface area contributed by atoms with Gasteiger partial charge in [0.05, 0.1) is 12.2 Å². The van der Waals surface area contributed by atoms with Gasteiger partial charge in [0.15, 0.2) is 11.8 Å². The predicted molar refractivity (Wildman–Crippen MR) is 29.2 cm³/mol. The number of rotatable bonds is 0. The van der Waals surface area contributed by atoms with Crippen molar-refractivity contribution < 1.29 is 0 Å². The minimum atomic E-state index is -0.343. The molecule has 0 aliphatic heterocycles. The van der Waals surface area contributed by atoms with E-state index in [1.165, 1.54) is 0 Å². The molecule has 0 bridgehead atoms. The van der Waals surface area contributed by atoms with Crippen molar-refractivity contribution in [3.8, 4) is 0 Å². The molecule has 3 heteroatoms. The molecule has 1 unspecified atom stereocenters. The van der Waals surface area contributed by atoms with Gasteiger partial charge in [-0.25, -0.2) is 0 Å². The third kappa shape index (κ3) is 13.3. The molecule has 24 valence electrons. The van der Waals surface area contributed by atoms with Gasteiger partial charge in [-0.3, -0.25) is 0 Å². The average molecular weight is 111 g/mol. The molecule has 0 rings (SSSR count). The highest BCUT2D eigenvalue weighted by Gasteiger charge is 1.76. The quantitative estimate of drug-likeness (QED) is 0.364. The standard InChI is InChI=1S/CH3PS2/c1-2(3)4/h1H3/p+1. The van der Waals surface area contributed by atoms with E-state index in [1.54, 1.807) is 0 Å². The summed E-state index contributed by atoms with van der Waals surface area (Å²) < 4.78 is 0. The van der Waals surface area contributed by atoms with Crippen LogP contribution in [0.15, 0.2) is 0 Å². The van der Waals surface area contributed by atoms with Crippen LogP contribution in [0.3, 0.4) is 0 Å². The lowest BCUT2D eigenvalue weighted by Crippen LogP contribution is -1.16. The van der Waals surface area contributed by atoms with Crippen molar-refractivity contribution in [2.24, 2.45) is 0 Å². The molecular formula is CH4PS2+. The first-order chi connectivity index (χ1) is 1.73. The first-order valence-corrected chi connectivity index (χ1v) is 4.78. The molecule has 0 nitrogen and oxygen atoms in total. The van der Waals surface area contributed by atoms with Gasteiger partial charge in [-0.05, 0) is 0 Å². The van der Waals surface area contributed by atoms with Crippen molar-refractivity contribution in [1.82, 2.24) is 0 Å². The van der Waals surface area contributed by atoms with Crippen molar-refractivity contribution in [2.75, 3.05) is 6.66 Å². The van der Waals surface area contributed by atoms with Gasteiger partial charge in [0.1, 0.15) is 6.66 Å². The molecule has 0 saturated heterocycles. The molecule has 0 fully saturated rings. The highest BCUT2D eigenvalue weighted by atomic mass is 32.9. The maximum atomic E-state index is 4.55. The van der Waals surface area contributed by atoms with Crippen molar-refractivity contribution in [3.63, 3.8) is 0 Å². The van der Waals surface area contributed by atoms with Crippen LogP contribution in [0.2, 0.25) is 0 Å². The minimum Gasteiger partial charge on any atom is 0.0770 e. The molecule has 0 N–H and O–H groups in total. The summed E-state index contributed by atoms with van der Waals surface area (Å²) in [7, 11) is 0. The number of thiol groups is 1. The fourth-order valence-corrected chi connectivity index (χ4v) is 0. The van der Waals surface area contributed by atoms with E-state index < -0.39 is 0 Å². The fourth-order valence-electron chi connectivity index (χ4n) is 0. The Labute approximate surface area is 37.2 Å². The first-order valence-electron chi connectivity index (χ1n) is 0.830. The summed E-state index contributed by atoms with van der Waals surface area (Å²) in [5.74, 6) is -0.343. The molecule has 0 aromatic heterocycles. The van der Waals surface area contributed by atoms with Gasteiger partial charge in [-0.2, -0.15) is 0 Å². The summed E-state index contributed by atoms with van der Waals surface area (Å²) >= 11 is 8.40. The van der Waals surface area contributed by atoms with Crippen LogP contribution in [0, 0.1) is 0 Å². The zero-order valence-electron chi connectivity index (χ0n) is 2.30. The second kappa shape index (κ2) is 2.13. The van der Waals surface area contributed by atoms with Crippen LogP contribution in [0.5, 0.6) is 0 Å². The van der Waals surface area contributed by atoms with Crippen LogP contribution in [-0.2, 0) is 11.8 Å². The van der Waals surface area contributed by atoms with E-state index in [9.17, 15) is 0 Å². The number of hydrogen-bond donors (Lipinski definition) is 1. The highest BCUT2D eigenvalue weighted by molar-refractivity contribution is 8.55. The normalized spacial score (nSPS) is 11.0. The monoisotopic (exact) mass is 111 g/mol. The minimum absolute atomic E-state index is 0.343. The van der Waals surface area contributed by atoms with E-state index in [-0.39, 0.29) is 5.90 Å². The van der Waals surface area contributed by atoms with Gasteiger partial charge in [-0.15, -0.1) is 0 Å². The van der Waals surface area contributed by atoms with Gasteiger partial charge in [0, 0.05) is 0 Å². The van der Waals surface area contributed by atoms with E-state index in [1.807, 2.05) is 6.66 Å². The predicted octanol–water partition coefficient (Wildman–Crippen LogP) is 1.40. The van der Waals surface area contributed by atoms with Gasteiger partial charge < -0.3 is 0 Å². The lowest BCUT2D eigenvalue weighted by atomic mass is 12.0. The third-order valence-electron chi connectivity index (χ3n) is 0. The van der Waals surface area contributed by atoms with Crippen molar-refractivity contribution in [1.29, 1.82) is 0 Å². The average Bonchev–Trinajstić information content (AvgIpc) is 0.811. The summed E-state index contributed by atoms with van der Waals surface area (Å²) in [4.78, 5) is 0. The second-order valence-electron chi connectivity index (χ2n) is 0.464. The van der Waals surface area contributed by atoms with Crippen LogP contribution in [0.25, 0.3) is 0 Å². The second-order valence-corrected chi connectivity index (χ2v) is 5.65. The summed E-state index contributed by atoms with van der Waals surface area (Å²) in [6, 6.07) is 0. The molecular weight excluding hydrogens is 107 g/mol. The Hall–Kier alpha value is 0.870. The van der Waals surface area contributed by atoms with E-state index >= 15 is 0 Å². The molecule has 0 saturated carbocycles. The molecule has 0 radical (unpaired) electrons. The highest BCUT2D eigenvalue weighted by Crippen LogP contribution is 2.17. The molecule has 0 aromatic rings. The summed E-state index contributed by atoms with van der Waals surface area (Å²) in [6.07, 6.45) is 0. The van der Waals surface area contributed by atoms with E-state index in [2.05, 4.69) is 24.1 Å². The van der Waals surface area contributed by atoms with Gasteiger partial charge in [-0.1, -0.05) is 0 Å². The van der Waals surface area contributed by atoms with Gasteiger partial charge in [0.25, 0.3) is 0 Å². The Kier molecular flexibility index (Phi) is 2.59. The largest absolute Gasteiger partial charge is 0.238 e. The Morgan fingerprint density at radius 2 is 2.00 bits per heavy atom. The number of hydrogen-bond acceptors (Lipinski definition) is 1. The molecule has 0 spiro atoms. The van der Waals surface area contributed by atoms with Crippen LogP contribution < -0.4 is 0 Å². The molecule has 4 heavy (non-hydrogen) atoms. The Morgan fingerprint density at radius 1 is 2.00 bits per heavy atom. The molecule has 1 atom stereocenters. The molecule has 0 aromatic carbocycles. The SMILES string of the molecule is C[P+](=S)S. The summed E-state index contributed by atoms with van der Waals surface area (Å²) in [6.45, 7) is 1.91. The lowest BCUT2D eigenvalue weighted by molar-refractivity contribution is 2.51. The van der Waals surface area contributed by atoms with Gasteiger partial charge >= 0.3 is 0 Å². The van der Waals surface area contributed by atoms with Crippen LogP contribution in [0.4, 0.5) is 0 Å². The van der Waals surface area contributed by atoms with Crippen LogP contribution in [-0.4, -0.2) is 6.66 Å². The first kappa shape index (κ1) is 4.87. The van der Waals surface area contributed by atoms with Crippen molar-refractivity contribution in [3.05, 3.63) is 0 Å². The summed E-state index contributed by atoms with van der Waals surface area (Å²) in [5.41, 5.74) is 0. The summed E-state index contributed by atoms with van der Waals surface area (Å²) in [5, 5.41) is 0. The van der Waals surface area contributed by atoms with E-state index in [0.717, 1.165) is 0 Å². The third-order valence-corrected chi connectivity index (χ3v) is 0. The zero-order valence-corrected chi connectivity index (χ0v) is 4.91. The Balaban J connectivity index is 2.80. The van der Waals surface area contributed by atoms with Crippen LogP contribution >= 0.6 is 18.1 Å². The fraction of sp³-hybridized carbons (Fsp3) is 1.00. The van der Waals surface area contributed by atoms with Gasteiger partial charge in [0.2, 0.25) is 5.90 Å². The van der Waals surface area contributed by atoms with Crippen molar-refractivity contribution in [2.45, 2.75) is 0 Å². The molecule has 0 heterocycles. The molecule has 0 amide bonds. The Bertz CT molecular complexity index is 29.0. The maximum Gasteiger partial charge on any atom is 0.238 e. The van der Waals surface area contributed by atoms with E-state index in [4.69, 9.17) is 0 Å². The molecule has 0 aliphatic rings. The van der Waals surface area contributed by atoms with Crippen LogP contribution in [0.1, 0.15) is 0 Å². The zero-order chi connectivity index (χ0) is 3.58. The lowest BCUT2D eigenvalue weighted by Gasteiger charge is -1.41. The topological polar surface area (TPSA) is 0 Å². The Morgan fingerprint density at radius 3 is 2.00 bits per heavy atom. The molecule has 0 aliphatic carbocycles. The maximum absolute atomic E-state index is 4.55.